The van der Waals surface area contributed by atoms with Crippen molar-refractivity contribution >= 4 is 40.5 Å². The van der Waals surface area contributed by atoms with E-state index in [4.69, 9.17) is 38.0 Å². The maximum atomic E-state index is 13.5. The van der Waals surface area contributed by atoms with Crippen LogP contribution in [0.3, 0.4) is 0 Å². The quantitative estimate of drug-likeness (QED) is 0.147. The number of aromatic nitrogens is 4. The molecule has 1 atom stereocenters. The number of fused-ring (bicyclic) bond motifs is 1. The van der Waals surface area contributed by atoms with E-state index in [1.165, 1.54) is 0 Å². The van der Waals surface area contributed by atoms with Crippen molar-refractivity contribution in [1.29, 1.82) is 0 Å². The molecule has 1 unspecified atom stereocenters. The number of carbonyl (C=O) groups excluding carboxylic acids is 2. The predicted molar refractivity (Wildman–Crippen MR) is 204 cm³/mol. The number of halogens is 2. The molecule has 0 radical (unpaired) electrons. The highest BCUT2D eigenvalue weighted by Gasteiger charge is 2.48. The summed E-state index contributed by atoms with van der Waals surface area (Å²) in [6.45, 7) is 1.63. The van der Waals surface area contributed by atoms with E-state index in [1.54, 1.807) is 23.2 Å². The van der Waals surface area contributed by atoms with Crippen molar-refractivity contribution < 1.29 is 14.3 Å². The largest absolute Gasteiger partial charge is 0.481 e. The van der Waals surface area contributed by atoms with E-state index in [0.29, 0.717) is 65.4 Å². The zero-order valence-corrected chi connectivity index (χ0v) is 31.0. The van der Waals surface area contributed by atoms with E-state index >= 15 is 0 Å². The number of amides is 2. The zero-order valence-electron chi connectivity index (χ0n) is 29.5. The number of hydrogen-bond acceptors (Lipinski definition) is 8. The number of hydrogen-bond donors (Lipinski definition) is 4. The minimum atomic E-state index is -0.161. The van der Waals surface area contributed by atoms with Crippen LogP contribution in [0.4, 0.5) is 0 Å². The van der Waals surface area contributed by atoms with Crippen LogP contribution in [0.15, 0.2) is 65.6 Å². The molecule has 3 aromatic heterocycles. The lowest BCUT2D eigenvalue weighted by molar-refractivity contribution is -0.120. The van der Waals surface area contributed by atoms with Crippen LogP contribution in [0.25, 0.3) is 39.0 Å². The van der Waals surface area contributed by atoms with Crippen molar-refractivity contribution in [3.05, 3.63) is 92.6 Å². The molecular formula is C39H40Cl2N8O4. The van der Waals surface area contributed by atoms with Gasteiger partial charge in [0.2, 0.25) is 17.7 Å². The summed E-state index contributed by atoms with van der Waals surface area (Å²) in [5.41, 5.74) is 5.45. The van der Waals surface area contributed by atoms with Crippen LogP contribution in [-0.2, 0) is 29.7 Å². The molecule has 3 aliphatic rings. The third-order valence-corrected chi connectivity index (χ3v) is 11.6. The molecule has 5 heterocycles. The average Bonchev–Trinajstić information content (AvgIpc) is 3.87. The normalized spacial score (nSPS) is 20.9. The van der Waals surface area contributed by atoms with Crippen LogP contribution < -0.4 is 31.6 Å². The van der Waals surface area contributed by atoms with Crippen LogP contribution in [-0.4, -0.2) is 62.3 Å². The molecule has 2 amide bonds. The Kier molecular flexibility index (Phi) is 9.48. The van der Waals surface area contributed by atoms with Crippen molar-refractivity contribution in [2.75, 3.05) is 13.7 Å². The van der Waals surface area contributed by atoms with Gasteiger partial charge in [0.05, 0.1) is 29.4 Å². The molecular weight excluding hydrogens is 715 g/mol. The topological polar surface area (TPSA) is 144 Å². The van der Waals surface area contributed by atoms with Crippen molar-refractivity contribution in [1.82, 2.24) is 40.4 Å². The number of methoxy groups -OCH3 is 1. The minimum absolute atomic E-state index is 0.0711. The van der Waals surface area contributed by atoms with Crippen molar-refractivity contribution in [3.8, 4) is 39.4 Å². The van der Waals surface area contributed by atoms with E-state index < -0.39 is 0 Å². The summed E-state index contributed by atoms with van der Waals surface area (Å²) in [5.74, 6) is 1.32. The van der Waals surface area contributed by atoms with Crippen molar-refractivity contribution in [2.24, 2.45) is 7.05 Å². The molecule has 8 rings (SSSR count). The Hall–Kier alpha value is -4.75. The zero-order chi connectivity index (χ0) is 36.9. The molecule has 5 aromatic rings. The number of nitrogens with zero attached hydrogens (tertiary/aromatic N) is 4. The fourth-order valence-electron chi connectivity index (χ4n) is 7.86. The Labute approximate surface area is 316 Å². The van der Waals surface area contributed by atoms with Gasteiger partial charge in [0, 0.05) is 90.2 Å². The Morgan fingerprint density at radius 2 is 1.68 bits per heavy atom. The standard InChI is InChI=1S/C39H40Cl2N8O4/c1-48-32(20-43-25-16-39(17-25)14-13-34(51)46-39)47-49-21-23(15-31(49)38(48)52)26-5-3-6-27(35(26)40)28-7-4-8-29(36(28)41)30-11-9-22(37(45-30)53-2)18-42-19-24-10-12-33(50)44-24/h3-9,11,15,21,24-25,42-43H,10,12-14,16-20H2,1-2H3,(H,44,50)(H,46,51). The van der Waals surface area contributed by atoms with Crippen LogP contribution in [0.5, 0.6) is 5.88 Å². The van der Waals surface area contributed by atoms with Crippen LogP contribution >= 0.6 is 23.2 Å². The van der Waals surface area contributed by atoms with Crippen molar-refractivity contribution in [3.63, 3.8) is 0 Å². The minimum Gasteiger partial charge on any atom is -0.481 e. The van der Waals surface area contributed by atoms with E-state index in [1.807, 2.05) is 60.8 Å². The highest BCUT2D eigenvalue weighted by molar-refractivity contribution is 6.39. The highest BCUT2D eigenvalue weighted by atomic mass is 35.5. The number of carbonyl (C=O) groups is 2. The third kappa shape index (κ3) is 6.80. The molecule has 4 N–H and O–H groups in total. The molecule has 14 heteroatoms. The van der Waals surface area contributed by atoms with Crippen LogP contribution in [0.2, 0.25) is 10.0 Å². The number of ether oxygens (including phenoxy) is 1. The van der Waals surface area contributed by atoms with Gasteiger partial charge in [-0.2, -0.15) is 5.10 Å². The second-order valence-electron chi connectivity index (χ2n) is 14.3. The molecule has 1 aliphatic carbocycles. The second-order valence-corrected chi connectivity index (χ2v) is 15.0. The van der Waals surface area contributed by atoms with Gasteiger partial charge in [0.25, 0.3) is 5.56 Å². The van der Waals surface area contributed by atoms with Gasteiger partial charge >= 0.3 is 0 Å². The van der Waals surface area contributed by atoms with Gasteiger partial charge in [-0.1, -0.05) is 65.7 Å². The van der Waals surface area contributed by atoms with Gasteiger partial charge in [-0.15, -0.1) is 0 Å². The van der Waals surface area contributed by atoms with E-state index in [2.05, 4.69) is 21.3 Å². The lowest BCUT2D eigenvalue weighted by Gasteiger charge is -2.45. The summed E-state index contributed by atoms with van der Waals surface area (Å²) in [6.07, 6.45) is 6.44. The van der Waals surface area contributed by atoms with Gasteiger partial charge in [0.15, 0.2) is 0 Å². The first-order chi connectivity index (χ1) is 25.6. The molecule has 274 valence electrons. The van der Waals surface area contributed by atoms with Gasteiger partial charge < -0.3 is 26.0 Å². The molecule has 2 saturated heterocycles. The van der Waals surface area contributed by atoms with Crippen LogP contribution in [0, 0.1) is 0 Å². The summed E-state index contributed by atoms with van der Waals surface area (Å²) in [7, 11) is 3.32. The second kappa shape index (κ2) is 14.2. The number of rotatable bonds is 11. The average molecular weight is 756 g/mol. The summed E-state index contributed by atoms with van der Waals surface area (Å²) in [4.78, 5) is 41.5. The van der Waals surface area contributed by atoms with Gasteiger partial charge in [0.1, 0.15) is 11.3 Å². The smallest absolute Gasteiger partial charge is 0.277 e. The van der Waals surface area contributed by atoms with E-state index in [0.717, 1.165) is 59.1 Å². The Morgan fingerprint density at radius 1 is 0.943 bits per heavy atom. The maximum Gasteiger partial charge on any atom is 0.277 e. The molecule has 53 heavy (non-hydrogen) atoms. The fraction of sp³-hybridized carbons (Fsp3) is 0.359. The highest BCUT2D eigenvalue weighted by Crippen LogP contribution is 2.43. The third-order valence-electron chi connectivity index (χ3n) is 10.8. The SMILES string of the molecule is COc1nc(-c2cccc(-c3cccc(-c4cc5c(=O)n(C)c(CNC6CC7(CCC(=O)N7)C6)nn5c4)c3Cl)c2Cl)ccc1CNCC1CCC(=O)N1. The van der Waals surface area contributed by atoms with Gasteiger partial charge in [-0.05, 0) is 37.8 Å². The molecule has 1 saturated carbocycles. The summed E-state index contributed by atoms with van der Waals surface area (Å²) >= 11 is 14.3. The summed E-state index contributed by atoms with van der Waals surface area (Å²) in [5, 5.41) is 18.8. The van der Waals surface area contributed by atoms with Gasteiger partial charge in [-0.25, -0.2) is 9.50 Å². The fourth-order valence-corrected chi connectivity index (χ4v) is 8.52. The molecule has 0 bridgehead atoms. The van der Waals surface area contributed by atoms with Crippen molar-refractivity contribution in [2.45, 2.75) is 69.2 Å². The monoisotopic (exact) mass is 754 g/mol. The molecule has 2 aliphatic heterocycles. The lowest BCUT2D eigenvalue weighted by atomic mass is 9.72. The maximum absolute atomic E-state index is 13.5. The predicted octanol–water partition coefficient (Wildman–Crippen LogP) is 5.01. The van der Waals surface area contributed by atoms with E-state index in [-0.39, 0.29) is 35.0 Å². The summed E-state index contributed by atoms with van der Waals surface area (Å²) in [6, 6.07) is 17.6. The van der Waals surface area contributed by atoms with E-state index in [9.17, 15) is 14.4 Å². The van der Waals surface area contributed by atoms with Crippen LogP contribution in [0.1, 0.15) is 49.9 Å². The first-order valence-corrected chi connectivity index (χ1v) is 18.6. The first-order valence-electron chi connectivity index (χ1n) is 17.9. The summed E-state index contributed by atoms with van der Waals surface area (Å²) < 4.78 is 8.85. The number of nitrogens with one attached hydrogen (secondary N) is 4. The Balaban J connectivity index is 1.02. The molecule has 2 aromatic carbocycles. The molecule has 3 fully saturated rings. The first kappa shape index (κ1) is 35.3. The number of pyridine rings is 1. The number of benzene rings is 2. The molecule has 12 nitrogen and oxygen atoms in total. The van der Waals surface area contributed by atoms with Gasteiger partial charge in [-0.3, -0.25) is 19.0 Å². The molecule has 1 spiro atoms. The Bertz CT molecular complexity index is 2320. The lowest BCUT2D eigenvalue weighted by Crippen LogP contribution is -2.59. The Morgan fingerprint density at radius 3 is 2.38 bits per heavy atom.